The first-order chi connectivity index (χ1) is 13.1. The van der Waals surface area contributed by atoms with E-state index in [9.17, 15) is 4.79 Å². The van der Waals surface area contributed by atoms with Gasteiger partial charge < -0.3 is 23.6 Å². The lowest BCUT2D eigenvalue weighted by Gasteiger charge is -2.13. The van der Waals surface area contributed by atoms with Gasteiger partial charge in [0.25, 0.3) is 0 Å². The number of carbonyl (C=O) groups is 1. The molecule has 0 fully saturated rings. The predicted octanol–water partition coefficient (Wildman–Crippen LogP) is 3.49. The number of hydrogen-bond donors (Lipinski definition) is 0. The molecule has 0 N–H and O–H groups in total. The van der Waals surface area contributed by atoms with E-state index in [-0.39, 0.29) is 13.4 Å². The van der Waals surface area contributed by atoms with Gasteiger partial charge in [-0.05, 0) is 36.4 Å². The summed E-state index contributed by atoms with van der Waals surface area (Å²) in [7, 11) is 3.83. The maximum atomic E-state index is 12.3. The Balaban J connectivity index is 1.42. The second kappa shape index (κ2) is 7.03. The zero-order valence-electron chi connectivity index (χ0n) is 15.0. The summed E-state index contributed by atoms with van der Waals surface area (Å²) < 4.78 is 21.4. The van der Waals surface area contributed by atoms with Crippen LogP contribution in [-0.4, -0.2) is 32.0 Å². The molecule has 7 heteroatoms. The third kappa shape index (κ3) is 3.57. The zero-order valence-corrected chi connectivity index (χ0v) is 15.0. The van der Waals surface area contributed by atoms with Crippen molar-refractivity contribution in [2.75, 3.05) is 25.8 Å². The highest BCUT2D eigenvalue weighted by atomic mass is 16.7. The third-order valence-electron chi connectivity index (χ3n) is 4.17. The number of benzene rings is 2. The van der Waals surface area contributed by atoms with Crippen molar-refractivity contribution in [2.45, 2.75) is 6.61 Å². The van der Waals surface area contributed by atoms with Crippen LogP contribution in [0.1, 0.15) is 16.1 Å². The quantitative estimate of drug-likeness (QED) is 0.640. The average Bonchev–Trinajstić information content (AvgIpc) is 3.34. The van der Waals surface area contributed by atoms with Crippen LogP contribution in [0.25, 0.3) is 11.3 Å². The average molecular weight is 366 g/mol. The van der Waals surface area contributed by atoms with Gasteiger partial charge in [-0.2, -0.15) is 0 Å². The van der Waals surface area contributed by atoms with E-state index in [1.807, 2.05) is 49.3 Å². The van der Waals surface area contributed by atoms with Crippen molar-refractivity contribution in [2.24, 2.45) is 0 Å². The first-order valence-corrected chi connectivity index (χ1v) is 8.40. The van der Waals surface area contributed by atoms with Crippen LogP contribution in [0, 0.1) is 0 Å². The van der Waals surface area contributed by atoms with E-state index in [0.717, 1.165) is 11.3 Å². The number of anilines is 1. The summed E-state index contributed by atoms with van der Waals surface area (Å²) in [5.74, 6) is 1.52. The van der Waals surface area contributed by atoms with E-state index in [4.69, 9.17) is 18.7 Å². The Morgan fingerprint density at radius 1 is 1.11 bits per heavy atom. The van der Waals surface area contributed by atoms with E-state index >= 15 is 0 Å². The number of fused-ring (bicyclic) bond motifs is 1. The summed E-state index contributed by atoms with van der Waals surface area (Å²) in [6.45, 7) is 0.241. The monoisotopic (exact) mass is 366 g/mol. The van der Waals surface area contributed by atoms with E-state index in [0.29, 0.717) is 28.5 Å². The van der Waals surface area contributed by atoms with E-state index in [1.54, 1.807) is 18.2 Å². The van der Waals surface area contributed by atoms with Gasteiger partial charge in [0.05, 0.1) is 5.56 Å². The Morgan fingerprint density at radius 2 is 1.96 bits per heavy atom. The Bertz CT molecular complexity index is 980. The van der Waals surface area contributed by atoms with Gasteiger partial charge in [-0.1, -0.05) is 11.2 Å². The molecule has 1 aromatic heterocycles. The number of rotatable bonds is 5. The van der Waals surface area contributed by atoms with Crippen molar-refractivity contribution in [1.29, 1.82) is 0 Å². The topological polar surface area (TPSA) is 74.0 Å². The van der Waals surface area contributed by atoms with Gasteiger partial charge in [-0.15, -0.1) is 0 Å². The molecule has 1 aliphatic heterocycles. The fourth-order valence-corrected chi connectivity index (χ4v) is 2.70. The lowest BCUT2D eigenvalue weighted by molar-refractivity contribution is 0.0464. The first-order valence-electron chi connectivity index (χ1n) is 8.40. The van der Waals surface area contributed by atoms with Crippen LogP contribution < -0.4 is 14.4 Å². The van der Waals surface area contributed by atoms with Gasteiger partial charge in [-0.3, -0.25) is 0 Å². The molecule has 0 radical (unpaired) electrons. The molecule has 4 rings (SSSR count). The standard InChI is InChI=1S/C20H18N2O5/c1-22(2)16-5-3-4-14(8-16)20(23)24-11-15-10-18(27-21-15)13-6-7-17-19(9-13)26-12-25-17/h3-10H,11-12H2,1-2H3. The Hall–Kier alpha value is -3.48. The van der Waals surface area contributed by atoms with Gasteiger partial charge >= 0.3 is 5.97 Å². The molecule has 0 saturated carbocycles. The largest absolute Gasteiger partial charge is 0.455 e. The van der Waals surface area contributed by atoms with Gasteiger partial charge in [0, 0.05) is 31.4 Å². The summed E-state index contributed by atoms with van der Waals surface area (Å²) in [6, 6.07) is 14.5. The molecule has 0 amide bonds. The lowest BCUT2D eigenvalue weighted by Crippen LogP contribution is -2.11. The van der Waals surface area contributed by atoms with E-state index in [2.05, 4.69) is 5.16 Å². The number of hydrogen-bond acceptors (Lipinski definition) is 7. The number of carbonyl (C=O) groups excluding carboxylic acids is 1. The van der Waals surface area contributed by atoms with Crippen molar-refractivity contribution in [3.8, 4) is 22.8 Å². The molecule has 3 aromatic rings. The van der Waals surface area contributed by atoms with Crippen LogP contribution in [0.2, 0.25) is 0 Å². The number of nitrogens with zero attached hydrogens (tertiary/aromatic N) is 2. The SMILES string of the molecule is CN(C)c1cccc(C(=O)OCc2cc(-c3ccc4c(c3)OCO4)on2)c1. The zero-order chi connectivity index (χ0) is 18.8. The van der Waals surface area contributed by atoms with E-state index in [1.165, 1.54) is 0 Å². The highest BCUT2D eigenvalue weighted by Gasteiger charge is 2.16. The minimum absolute atomic E-state index is 0.0269. The van der Waals surface area contributed by atoms with Crippen LogP contribution in [0.15, 0.2) is 53.1 Å². The van der Waals surface area contributed by atoms with Gasteiger partial charge in [0.15, 0.2) is 17.3 Å². The Labute approximate surface area is 156 Å². The molecule has 0 bridgehead atoms. The molecular weight excluding hydrogens is 348 g/mol. The molecule has 1 aliphatic rings. The van der Waals surface area contributed by atoms with Gasteiger partial charge in [0.1, 0.15) is 12.3 Å². The molecule has 27 heavy (non-hydrogen) atoms. The fraction of sp³-hybridized carbons (Fsp3) is 0.200. The van der Waals surface area contributed by atoms with Crippen molar-refractivity contribution in [1.82, 2.24) is 5.16 Å². The summed E-state index contributed by atoms with van der Waals surface area (Å²) in [5, 5.41) is 3.97. The highest BCUT2D eigenvalue weighted by molar-refractivity contribution is 5.90. The smallest absolute Gasteiger partial charge is 0.338 e. The molecule has 2 aromatic carbocycles. The van der Waals surface area contributed by atoms with Gasteiger partial charge in [-0.25, -0.2) is 4.79 Å². The maximum absolute atomic E-state index is 12.3. The van der Waals surface area contributed by atoms with Crippen LogP contribution in [-0.2, 0) is 11.3 Å². The first kappa shape index (κ1) is 17.0. The predicted molar refractivity (Wildman–Crippen MR) is 98.0 cm³/mol. The summed E-state index contributed by atoms with van der Waals surface area (Å²) in [5.41, 5.74) is 2.75. The number of aromatic nitrogens is 1. The van der Waals surface area contributed by atoms with Crippen molar-refractivity contribution < 1.29 is 23.5 Å². The minimum atomic E-state index is -0.411. The molecular formula is C20H18N2O5. The molecule has 0 unspecified atom stereocenters. The lowest BCUT2D eigenvalue weighted by atomic mass is 10.1. The molecule has 0 spiro atoms. The fourth-order valence-electron chi connectivity index (χ4n) is 2.70. The maximum Gasteiger partial charge on any atom is 0.338 e. The molecule has 2 heterocycles. The molecule has 0 saturated heterocycles. The number of esters is 1. The molecule has 7 nitrogen and oxygen atoms in total. The molecule has 138 valence electrons. The second-order valence-corrected chi connectivity index (χ2v) is 6.27. The minimum Gasteiger partial charge on any atom is -0.455 e. The third-order valence-corrected chi connectivity index (χ3v) is 4.17. The summed E-state index contributed by atoms with van der Waals surface area (Å²) in [4.78, 5) is 14.2. The normalized spacial score (nSPS) is 12.1. The van der Waals surface area contributed by atoms with Crippen molar-refractivity contribution >= 4 is 11.7 Å². The summed E-state index contributed by atoms with van der Waals surface area (Å²) >= 11 is 0. The summed E-state index contributed by atoms with van der Waals surface area (Å²) in [6.07, 6.45) is 0. The molecule has 0 aliphatic carbocycles. The van der Waals surface area contributed by atoms with Crippen LogP contribution in [0.4, 0.5) is 5.69 Å². The second-order valence-electron chi connectivity index (χ2n) is 6.27. The van der Waals surface area contributed by atoms with Crippen LogP contribution in [0.5, 0.6) is 11.5 Å². The van der Waals surface area contributed by atoms with Crippen molar-refractivity contribution in [3.05, 3.63) is 59.8 Å². The van der Waals surface area contributed by atoms with Crippen molar-refractivity contribution in [3.63, 3.8) is 0 Å². The Kier molecular flexibility index (Phi) is 4.42. The van der Waals surface area contributed by atoms with Gasteiger partial charge in [0.2, 0.25) is 6.79 Å². The van der Waals surface area contributed by atoms with Crippen LogP contribution >= 0.6 is 0 Å². The Morgan fingerprint density at radius 3 is 2.81 bits per heavy atom. The highest BCUT2D eigenvalue weighted by Crippen LogP contribution is 2.36. The number of ether oxygens (including phenoxy) is 3. The molecule has 0 atom stereocenters. The van der Waals surface area contributed by atoms with E-state index < -0.39 is 5.97 Å². The van der Waals surface area contributed by atoms with Crippen LogP contribution in [0.3, 0.4) is 0 Å².